The van der Waals surface area contributed by atoms with Crippen molar-refractivity contribution in [3.63, 3.8) is 0 Å². The molecule has 0 radical (unpaired) electrons. The quantitative estimate of drug-likeness (QED) is 0.703. The summed E-state index contributed by atoms with van der Waals surface area (Å²) in [5, 5.41) is 6.23. The minimum Gasteiger partial charge on any atom is -0.458 e. The first-order chi connectivity index (χ1) is 7.66. The molecule has 2 heterocycles. The number of likely N-dealkylation sites (tertiary alicyclic amines) is 1. The number of nitrogen functional groups attached to an aromatic ring is 1. The van der Waals surface area contributed by atoms with E-state index in [1.165, 1.54) is 6.20 Å². The molecule has 1 aromatic heterocycles. The van der Waals surface area contributed by atoms with Gasteiger partial charge in [-0.1, -0.05) is 0 Å². The molecule has 1 fully saturated rings. The Morgan fingerprint density at radius 3 is 2.88 bits per heavy atom. The number of carbonyl (C=O) groups is 1. The van der Waals surface area contributed by atoms with Gasteiger partial charge in [0.1, 0.15) is 6.10 Å². The van der Waals surface area contributed by atoms with Gasteiger partial charge in [0.15, 0.2) is 5.69 Å². The molecule has 0 saturated carbocycles. The second-order valence-corrected chi connectivity index (χ2v) is 4.11. The topological polar surface area (TPSA) is 84.2 Å². The second-order valence-electron chi connectivity index (χ2n) is 4.11. The molecule has 6 nitrogen and oxygen atoms in total. The van der Waals surface area contributed by atoms with Crippen LogP contribution in [-0.4, -0.2) is 47.3 Å². The van der Waals surface area contributed by atoms with Crippen molar-refractivity contribution < 1.29 is 9.53 Å². The number of nitrogens with two attached hydrogens (primary N) is 1. The van der Waals surface area contributed by atoms with E-state index in [0.29, 0.717) is 5.69 Å². The zero-order chi connectivity index (χ0) is 11.5. The van der Waals surface area contributed by atoms with Gasteiger partial charge in [-0.15, -0.1) is 0 Å². The van der Waals surface area contributed by atoms with Crippen molar-refractivity contribution in [2.45, 2.75) is 18.9 Å². The largest absolute Gasteiger partial charge is 0.458 e. The maximum absolute atomic E-state index is 11.7. The highest BCUT2D eigenvalue weighted by molar-refractivity contribution is 5.92. The van der Waals surface area contributed by atoms with E-state index in [9.17, 15) is 4.79 Å². The highest BCUT2D eigenvalue weighted by Gasteiger charge is 2.22. The second kappa shape index (κ2) is 4.52. The molecule has 0 aliphatic carbocycles. The van der Waals surface area contributed by atoms with Crippen molar-refractivity contribution in [1.29, 1.82) is 0 Å². The summed E-state index contributed by atoms with van der Waals surface area (Å²) in [6, 6.07) is 0. The number of esters is 1. The van der Waals surface area contributed by atoms with E-state index in [-0.39, 0.29) is 11.8 Å². The minimum absolute atomic E-state index is 0.00796. The zero-order valence-corrected chi connectivity index (χ0v) is 9.27. The summed E-state index contributed by atoms with van der Waals surface area (Å²) < 4.78 is 5.35. The van der Waals surface area contributed by atoms with Crippen LogP contribution in [0.2, 0.25) is 0 Å². The summed E-state index contributed by atoms with van der Waals surface area (Å²) in [7, 11) is 2.06. The molecule has 0 atom stereocenters. The van der Waals surface area contributed by atoms with E-state index in [2.05, 4.69) is 22.1 Å². The molecular weight excluding hydrogens is 208 g/mol. The number of hydrogen-bond acceptors (Lipinski definition) is 5. The van der Waals surface area contributed by atoms with Crippen molar-refractivity contribution in [1.82, 2.24) is 15.1 Å². The SMILES string of the molecule is CN1CCC(OC(=O)c2[nH]ncc2N)CC1. The summed E-state index contributed by atoms with van der Waals surface area (Å²) >= 11 is 0. The number of carbonyl (C=O) groups excluding carboxylic acids is 1. The lowest BCUT2D eigenvalue weighted by Crippen LogP contribution is -2.35. The summed E-state index contributed by atoms with van der Waals surface area (Å²) in [4.78, 5) is 13.9. The predicted molar refractivity (Wildman–Crippen MR) is 58.9 cm³/mol. The highest BCUT2D eigenvalue weighted by atomic mass is 16.5. The Balaban J connectivity index is 1.91. The molecule has 0 aromatic carbocycles. The maximum Gasteiger partial charge on any atom is 0.358 e. The van der Waals surface area contributed by atoms with Gasteiger partial charge in [-0.25, -0.2) is 4.79 Å². The first-order valence-electron chi connectivity index (χ1n) is 5.35. The molecule has 1 aliphatic heterocycles. The standard InChI is InChI=1S/C10H16N4O2/c1-14-4-2-7(3-5-14)16-10(15)9-8(11)6-12-13-9/h6-7H,2-5,11H2,1H3,(H,12,13). The van der Waals surface area contributed by atoms with Crippen LogP contribution in [0.3, 0.4) is 0 Å². The number of nitrogens with zero attached hydrogens (tertiary/aromatic N) is 2. The van der Waals surface area contributed by atoms with Gasteiger partial charge in [-0.2, -0.15) is 5.10 Å². The van der Waals surface area contributed by atoms with Crippen molar-refractivity contribution in [2.75, 3.05) is 25.9 Å². The first kappa shape index (κ1) is 10.9. The Hall–Kier alpha value is -1.56. The third kappa shape index (κ3) is 2.33. The number of nitrogens with one attached hydrogen (secondary N) is 1. The smallest absolute Gasteiger partial charge is 0.358 e. The van der Waals surface area contributed by atoms with E-state index in [4.69, 9.17) is 10.5 Å². The predicted octanol–water partition coefficient (Wildman–Crippen LogP) is 0.243. The molecule has 88 valence electrons. The molecule has 1 aromatic rings. The fraction of sp³-hybridized carbons (Fsp3) is 0.600. The molecule has 2 rings (SSSR count). The summed E-state index contributed by atoms with van der Waals surface area (Å²) in [6.07, 6.45) is 3.14. The van der Waals surface area contributed by atoms with E-state index < -0.39 is 5.97 Å². The number of H-pyrrole nitrogens is 1. The van der Waals surface area contributed by atoms with Gasteiger partial charge >= 0.3 is 5.97 Å². The molecule has 1 aliphatic rings. The van der Waals surface area contributed by atoms with Gasteiger partial charge in [-0.05, 0) is 19.9 Å². The number of rotatable bonds is 2. The fourth-order valence-corrected chi connectivity index (χ4v) is 1.77. The molecule has 0 bridgehead atoms. The molecule has 3 N–H and O–H groups in total. The van der Waals surface area contributed by atoms with Crippen LogP contribution in [0.5, 0.6) is 0 Å². The van der Waals surface area contributed by atoms with Gasteiger partial charge in [0.25, 0.3) is 0 Å². The lowest BCUT2D eigenvalue weighted by Gasteiger charge is -2.28. The van der Waals surface area contributed by atoms with Crippen LogP contribution in [-0.2, 0) is 4.74 Å². The highest BCUT2D eigenvalue weighted by Crippen LogP contribution is 2.15. The van der Waals surface area contributed by atoms with Crippen molar-refractivity contribution in [3.05, 3.63) is 11.9 Å². The molecular formula is C10H16N4O2. The normalized spacial score (nSPS) is 18.6. The maximum atomic E-state index is 11.7. The monoisotopic (exact) mass is 224 g/mol. The number of piperidine rings is 1. The van der Waals surface area contributed by atoms with E-state index in [1.807, 2.05) is 0 Å². The van der Waals surface area contributed by atoms with Crippen LogP contribution in [0.1, 0.15) is 23.3 Å². The lowest BCUT2D eigenvalue weighted by molar-refractivity contribution is 0.0134. The molecule has 16 heavy (non-hydrogen) atoms. The summed E-state index contributed by atoms with van der Waals surface area (Å²) in [5.74, 6) is -0.412. The molecule has 0 unspecified atom stereocenters. The third-order valence-corrected chi connectivity index (χ3v) is 2.81. The van der Waals surface area contributed by atoms with Crippen LogP contribution in [0.15, 0.2) is 6.20 Å². The van der Waals surface area contributed by atoms with E-state index >= 15 is 0 Å². The van der Waals surface area contributed by atoms with Crippen LogP contribution >= 0.6 is 0 Å². The fourth-order valence-electron chi connectivity index (χ4n) is 1.77. The van der Waals surface area contributed by atoms with Crippen LogP contribution in [0, 0.1) is 0 Å². The van der Waals surface area contributed by atoms with Crippen LogP contribution in [0.4, 0.5) is 5.69 Å². The Morgan fingerprint density at radius 2 is 2.31 bits per heavy atom. The zero-order valence-electron chi connectivity index (χ0n) is 9.27. The summed E-state index contributed by atoms with van der Waals surface area (Å²) in [6.45, 7) is 1.91. The number of aromatic amines is 1. The number of aromatic nitrogens is 2. The van der Waals surface area contributed by atoms with Gasteiger partial charge in [0.2, 0.25) is 0 Å². The molecule has 0 amide bonds. The molecule has 0 spiro atoms. The number of anilines is 1. The molecule has 6 heteroatoms. The minimum atomic E-state index is -0.412. The van der Waals surface area contributed by atoms with Crippen molar-refractivity contribution in [2.24, 2.45) is 0 Å². The number of hydrogen-bond donors (Lipinski definition) is 2. The van der Waals surface area contributed by atoms with Crippen LogP contribution < -0.4 is 5.73 Å². The summed E-state index contributed by atoms with van der Waals surface area (Å²) in [5.41, 5.74) is 6.15. The Bertz CT molecular complexity index is 369. The van der Waals surface area contributed by atoms with E-state index in [0.717, 1.165) is 25.9 Å². The average Bonchev–Trinajstić information content (AvgIpc) is 2.68. The van der Waals surface area contributed by atoms with Crippen LogP contribution in [0.25, 0.3) is 0 Å². The average molecular weight is 224 g/mol. The van der Waals surface area contributed by atoms with Crippen molar-refractivity contribution >= 4 is 11.7 Å². The Labute approximate surface area is 93.8 Å². The number of ether oxygens (including phenoxy) is 1. The van der Waals surface area contributed by atoms with Gasteiger partial charge in [-0.3, -0.25) is 5.10 Å². The Morgan fingerprint density at radius 1 is 1.62 bits per heavy atom. The van der Waals surface area contributed by atoms with Crippen molar-refractivity contribution in [3.8, 4) is 0 Å². The van der Waals surface area contributed by atoms with Gasteiger partial charge in [0.05, 0.1) is 11.9 Å². The van der Waals surface area contributed by atoms with E-state index in [1.54, 1.807) is 0 Å². The van der Waals surface area contributed by atoms with Gasteiger partial charge < -0.3 is 15.4 Å². The first-order valence-corrected chi connectivity index (χ1v) is 5.35. The third-order valence-electron chi connectivity index (χ3n) is 2.81. The Kier molecular flexibility index (Phi) is 3.09. The molecule has 1 saturated heterocycles. The lowest BCUT2D eigenvalue weighted by atomic mass is 10.1. The van der Waals surface area contributed by atoms with Gasteiger partial charge in [0, 0.05) is 13.1 Å².